The van der Waals surface area contributed by atoms with Crippen molar-refractivity contribution in [2.24, 2.45) is 0 Å². The number of rotatable bonds is 2. The van der Waals surface area contributed by atoms with E-state index in [0.29, 0.717) is 0 Å². The van der Waals surface area contributed by atoms with E-state index in [9.17, 15) is 0 Å². The number of benzene rings is 6. The van der Waals surface area contributed by atoms with Crippen LogP contribution < -0.4 is 25.5 Å². The van der Waals surface area contributed by atoms with E-state index >= 15 is 0 Å². The average Bonchev–Trinajstić information content (AvgIpc) is 3.84. The smallest absolute Gasteiger partial charge is 0.264 e. The third-order valence-electron chi connectivity index (χ3n) is 17.3. The zero-order chi connectivity index (χ0) is 48.0. The fourth-order valence-corrected chi connectivity index (χ4v) is 14.3. The Kier molecular flexibility index (Phi) is 9.03. The maximum atomic E-state index is 6.95. The minimum Gasteiger partial charge on any atom is -0.456 e. The number of hydrogen-bond donors (Lipinski definition) is 0. The lowest BCUT2D eigenvalue weighted by Gasteiger charge is -2.45. The fraction of sp³-hybridized carbons (Fsp3) is 0.397. The van der Waals surface area contributed by atoms with Crippen molar-refractivity contribution in [1.29, 1.82) is 0 Å². The van der Waals surface area contributed by atoms with Crippen LogP contribution in [0.15, 0.2) is 101 Å². The molecule has 4 aliphatic rings. The van der Waals surface area contributed by atoms with Gasteiger partial charge in [0.15, 0.2) is 0 Å². The molecule has 2 aromatic heterocycles. The highest BCUT2D eigenvalue weighted by atomic mass is 32.1. The molecule has 0 N–H and O–H groups in total. The number of nitrogens with zero attached hydrogens (tertiary/aromatic N) is 2. The van der Waals surface area contributed by atoms with E-state index in [-0.39, 0.29) is 39.2 Å². The highest BCUT2D eigenvalue weighted by Gasteiger charge is 2.48. The third kappa shape index (κ3) is 6.22. The lowest BCUT2D eigenvalue weighted by Crippen LogP contribution is -2.60. The van der Waals surface area contributed by atoms with Crippen molar-refractivity contribution in [3.63, 3.8) is 0 Å². The molecule has 12 rings (SSSR count). The molecule has 0 amide bonds. The molecule has 3 nitrogen and oxygen atoms in total. The number of hydrogen-bond acceptors (Lipinski definition) is 4. The van der Waals surface area contributed by atoms with Gasteiger partial charge in [-0.15, -0.1) is 11.3 Å². The van der Waals surface area contributed by atoms with Crippen molar-refractivity contribution in [2.75, 3.05) is 9.80 Å². The van der Waals surface area contributed by atoms with Gasteiger partial charge in [0.05, 0.1) is 16.8 Å². The monoisotopic (exact) mass is 913 g/mol. The zero-order valence-corrected chi connectivity index (χ0v) is 44.2. The molecule has 0 saturated carbocycles. The Morgan fingerprint density at radius 2 is 1.18 bits per heavy atom. The van der Waals surface area contributed by atoms with Gasteiger partial charge in [0, 0.05) is 48.6 Å². The minimum absolute atomic E-state index is 0.0377. The molecule has 0 bridgehead atoms. The molecular formula is C63H69BN2OS. The fourth-order valence-electron chi connectivity index (χ4n) is 13.0. The van der Waals surface area contributed by atoms with Crippen LogP contribution in [0.3, 0.4) is 0 Å². The van der Waals surface area contributed by atoms with Crippen molar-refractivity contribution in [1.82, 2.24) is 0 Å². The first-order chi connectivity index (χ1) is 31.9. The molecule has 0 spiro atoms. The molecule has 0 saturated heterocycles. The van der Waals surface area contributed by atoms with Crippen molar-refractivity contribution >= 4 is 99.9 Å². The lowest BCUT2D eigenvalue weighted by molar-refractivity contribution is 0.332. The van der Waals surface area contributed by atoms with E-state index in [2.05, 4.69) is 222 Å². The highest BCUT2D eigenvalue weighted by molar-refractivity contribution is 7.33. The molecule has 0 atom stereocenters. The summed E-state index contributed by atoms with van der Waals surface area (Å²) < 4.78 is 9.80. The Balaban J connectivity index is 1.22. The number of aryl methyl sites for hydroxylation is 1. The Bertz CT molecular complexity index is 3470. The van der Waals surface area contributed by atoms with Crippen molar-refractivity contribution < 1.29 is 4.42 Å². The van der Waals surface area contributed by atoms with Gasteiger partial charge >= 0.3 is 0 Å². The van der Waals surface area contributed by atoms with Crippen molar-refractivity contribution in [3.05, 3.63) is 136 Å². The molecule has 5 heteroatoms. The van der Waals surface area contributed by atoms with Crippen LogP contribution in [-0.2, 0) is 32.5 Å². The maximum absolute atomic E-state index is 6.95. The second-order valence-electron chi connectivity index (χ2n) is 26.0. The largest absolute Gasteiger partial charge is 0.456 e. The zero-order valence-electron chi connectivity index (χ0n) is 43.4. The molecule has 8 aromatic rings. The summed E-state index contributed by atoms with van der Waals surface area (Å²) in [4.78, 5) is 5.34. The molecule has 4 heterocycles. The molecule has 0 radical (unpaired) electrons. The van der Waals surface area contributed by atoms with E-state index in [1.54, 1.807) is 0 Å². The molecule has 6 aromatic carbocycles. The minimum atomic E-state index is -0.0741. The highest BCUT2D eigenvalue weighted by Crippen LogP contribution is 2.55. The predicted molar refractivity (Wildman–Crippen MR) is 296 cm³/mol. The van der Waals surface area contributed by atoms with Crippen LogP contribution in [0.4, 0.5) is 34.1 Å². The van der Waals surface area contributed by atoms with Gasteiger partial charge in [-0.1, -0.05) is 139 Å². The Morgan fingerprint density at radius 3 is 1.84 bits per heavy atom. The van der Waals surface area contributed by atoms with Crippen LogP contribution in [0, 0.1) is 6.92 Å². The summed E-state index contributed by atoms with van der Waals surface area (Å²) in [5.41, 5.74) is 22.4. The van der Waals surface area contributed by atoms with Gasteiger partial charge in [-0.05, 0) is 164 Å². The lowest BCUT2D eigenvalue weighted by atomic mass is 9.36. The van der Waals surface area contributed by atoms with Gasteiger partial charge in [-0.25, -0.2) is 0 Å². The van der Waals surface area contributed by atoms with Gasteiger partial charge in [0.1, 0.15) is 11.2 Å². The summed E-state index contributed by atoms with van der Waals surface area (Å²) in [6.07, 6.45) is 4.76. The van der Waals surface area contributed by atoms with E-state index in [4.69, 9.17) is 4.42 Å². The summed E-state index contributed by atoms with van der Waals surface area (Å²) >= 11 is 2.05. The number of thiophene rings is 1. The Morgan fingerprint density at radius 1 is 0.559 bits per heavy atom. The molecule has 2 aliphatic heterocycles. The third-order valence-corrected chi connectivity index (χ3v) is 18.5. The average molecular weight is 913 g/mol. The van der Waals surface area contributed by atoms with Crippen molar-refractivity contribution in [2.45, 2.75) is 162 Å². The molecule has 2 aliphatic carbocycles. The summed E-state index contributed by atoms with van der Waals surface area (Å²) in [7, 11) is 0. The van der Waals surface area contributed by atoms with Crippen LogP contribution in [0.5, 0.6) is 0 Å². The second-order valence-corrected chi connectivity index (χ2v) is 27.1. The SMILES string of the molecule is Cc1cc2c3c(c1)N(c1cccc4oc5c(C(C)(C)C)cccc5c14)c1ccc(C(C)(C)C)cc1B3c1sc3cc4c(cc3c1N2c1ccc2c(c1)C(C)(C)CCC2(C)C)C(C)(C)CCC4(C)C. The second kappa shape index (κ2) is 14.0. The van der Waals surface area contributed by atoms with E-state index in [1.807, 2.05) is 0 Å². The van der Waals surface area contributed by atoms with Gasteiger partial charge in [0.25, 0.3) is 6.71 Å². The van der Waals surface area contributed by atoms with Gasteiger partial charge < -0.3 is 14.2 Å². The first-order valence-electron chi connectivity index (χ1n) is 25.5. The van der Waals surface area contributed by atoms with E-state index < -0.39 is 0 Å². The van der Waals surface area contributed by atoms with Crippen LogP contribution >= 0.6 is 11.3 Å². The quantitative estimate of drug-likeness (QED) is 0.161. The predicted octanol–water partition coefficient (Wildman–Crippen LogP) is 16.5. The maximum Gasteiger partial charge on any atom is 0.264 e. The number of furan rings is 1. The van der Waals surface area contributed by atoms with Gasteiger partial charge in [-0.3, -0.25) is 0 Å². The molecule has 346 valence electrons. The standard InChI is InChI=1S/C63H69BN2OS/c1-36-30-49-54-50(31-36)66(48-20-17-21-51-53(48)39-18-16-19-42(56(39)67-51)59(5,6)7)47-25-22-37(58(2,3)4)32-46(47)64(54)57-55(40-34-44-45(35-52(40)68-57)63(14,15)29-28-62(44,12)13)65(49)38-23-24-41-43(33-38)61(10,11)27-26-60(41,8)9/h16-25,30-35H,26-29H2,1-15H3. The topological polar surface area (TPSA) is 19.6 Å². The Hall–Kier alpha value is -5.26. The van der Waals surface area contributed by atoms with Gasteiger partial charge in [-0.2, -0.15) is 0 Å². The summed E-state index contributed by atoms with van der Waals surface area (Å²) in [5.74, 6) is 0. The normalized spacial score (nSPS) is 18.7. The molecule has 0 unspecified atom stereocenters. The number of fused-ring (bicyclic) bond motifs is 11. The number of para-hydroxylation sites is 1. The Labute approximate surface area is 410 Å². The van der Waals surface area contributed by atoms with E-state index in [1.165, 1.54) is 130 Å². The van der Waals surface area contributed by atoms with Crippen LogP contribution in [-0.4, -0.2) is 6.71 Å². The number of anilines is 6. The van der Waals surface area contributed by atoms with Crippen molar-refractivity contribution in [3.8, 4) is 0 Å². The van der Waals surface area contributed by atoms with Crippen LogP contribution in [0.25, 0.3) is 32.0 Å². The van der Waals surface area contributed by atoms with Crippen LogP contribution in [0.2, 0.25) is 0 Å². The van der Waals surface area contributed by atoms with Crippen LogP contribution in [0.1, 0.15) is 162 Å². The summed E-state index contributed by atoms with van der Waals surface area (Å²) in [5, 5.41) is 3.72. The molecular weight excluding hydrogens is 844 g/mol. The summed E-state index contributed by atoms with van der Waals surface area (Å²) in [6.45, 7) is 36.1. The molecule has 0 fully saturated rings. The first kappa shape index (κ1) is 44.0. The molecule has 68 heavy (non-hydrogen) atoms. The van der Waals surface area contributed by atoms with E-state index in [0.717, 1.165) is 16.9 Å². The summed E-state index contributed by atoms with van der Waals surface area (Å²) in [6, 6.07) is 38.7. The first-order valence-corrected chi connectivity index (χ1v) is 26.3. The van der Waals surface area contributed by atoms with Gasteiger partial charge in [0.2, 0.25) is 0 Å².